The van der Waals surface area contributed by atoms with Gasteiger partial charge in [-0.05, 0) is 42.3 Å². The molecule has 0 aliphatic rings. The van der Waals surface area contributed by atoms with Gasteiger partial charge in [-0.3, -0.25) is 9.20 Å². The molecule has 0 spiro atoms. The first-order valence-electron chi connectivity index (χ1n) is 11.9. The zero-order chi connectivity index (χ0) is 26.4. The van der Waals surface area contributed by atoms with E-state index in [9.17, 15) is 9.18 Å². The maximum absolute atomic E-state index is 14.1. The van der Waals surface area contributed by atoms with Crippen molar-refractivity contribution in [1.82, 2.24) is 29.1 Å². The van der Waals surface area contributed by atoms with Crippen molar-refractivity contribution in [3.05, 3.63) is 101 Å². The number of methoxy groups -OCH3 is 1. The predicted molar refractivity (Wildman–Crippen MR) is 142 cm³/mol. The molecule has 0 fully saturated rings. The summed E-state index contributed by atoms with van der Waals surface area (Å²) >= 11 is 0. The molecule has 6 aromatic rings. The molecule has 2 N–H and O–H groups in total. The number of rotatable bonds is 5. The fraction of sp³-hybridized carbons (Fsp3) is 0.107. The fourth-order valence-electron chi connectivity index (χ4n) is 4.72. The van der Waals surface area contributed by atoms with Crippen LogP contribution in [-0.2, 0) is 0 Å². The van der Waals surface area contributed by atoms with Gasteiger partial charge >= 0.3 is 0 Å². The predicted octanol–water partition coefficient (Wildman–Crippen LogP) is 4.51. The molecule has 0 aliphatic heterocycles. The van der Waals surface area contributed by atoms with Crippen molar-refractivity contribution in [1.29, 1.82) is 0 Å². The molecule has 1 atom stereocenters. The summed E-state index contributed by atoms with van der Waals surface area (Å²) in [5.41, 5.74) is 10.2. The average Bonchev–Trinajstić information content (AvgIpc) is 3.34. The van der Waals surface area contributed by atoms with Gasteiger partial charge in [-0.2, -0.15) is 5.10 Å². The number of hydrogen-bond acceptors (Lipinski definition) is 7. The summed E-state index contributed by atoms with van der Waals surface area (Å²) in [6.07, 6.45) is 4.23. The molecule has 5 heterocycles. The van der Waals surface area contributed by atoms with Crippen LogP contribution in [0.5, 0.6) is 5.88 Å². The Kier molecular flexibility index (Phi) is 5.56. The topological polar surface area (TPSA) is 113 Å². The Morgan fingerprint density at radius 2 is 1.82 bits per heavy atom. The second-order valence-electron chi connectivity index (χ2n) is 8.80. The highest BCUT2D eigenvalue weighted by Crippen LogP contribution is 2.35. The summed E-state index contributed by atoms with van der Waals surface area (Å²) in [6, 6.07) is 17.2. The van der Waals surface area contributed by atoms with Gasteiger partial charge in [0.2, 0.25) is 5.88 Å². The van der Waals surface area contributed by atoms with Gasteiger partial charge < -0.3 is 10.5 Å². The smallest absolute Gasteiger partial charge is 0.263 e. The molecule has 0 bridgehead atoms. The Morgan fingerprint density at radius 3 is 2.55 bits per heavy atom. The van der Waals surface area contributed by atoms with Crippen molar-refractivity contribution < 1.29 is 9.13 Å². The van der Waals surface area contributed by atoms with Gasteiger partial charge in [0.05, 0.1) is 24.1 Å². The van der Waals surface area contributed by atoms with Crippen LogP contribution in [-0.4, -0.2) is 36.2 Å². The number of aromatic nitrogens is 6. The van der Waals surface area contributed by atoms with E-state index in [1.54, 1.807) is 30.1 Å². The second kappa shape index (κ2) is 9.07. The molecule has 1 unspecified atom stereocenters. The van der Waals surface area contributed by atoms with Gasteiger partial charge in [0.1, 0.15) is 23.7 Å². The molecule has 38 heavy (non-hydrogen) atoms. The Hall–Kier alpha value is -5.12. The van der Waals surface area contributed by atoms with Gasteiger partial charge in [-0.15, -0.1) is 0 Å². The minimum absolute atomic E-state index is 0.275. The molecular formula is C28H22FN7O2. The third-order valence-electron chi connectivity index (χ3n) is 6.59. The Bertz CT molecular complexity index is 1870. The monoisotopic (exact) mass is 507 g/mol. The highest BCUT2D eigenvalue weighted by atomic mass is 19.1. The van der Waals surface area contributed by atoms with Crippen molar-refractivity contribution >= 4 is 22.4 Å². The third-order valence-corrected chi connectivity index (χ3v) is 6.59. The van der Waals surface area contributed by atoms with E-state index in [1.165, 1.54) is 23.0 Å². The number of nitrogens with zero attached hydrogens (tertiary/aromatic N) is 6. The Labute approximate surface area is 216 Å². The van der Waals surface area contributed by atoms with Gasteiger partial charge in [0.25, 0.3) is 5.56 Å². The van der Waals surface area contributed by atoms with Crippen LogP contribution >= 0.6 is 0 Å². The van der Waals surface area contributed by atoms with Crippen LogP contribution < -0.4 is 16.0 Å². The van der Waals surface area contributed by atoms with E-state index in [0.29, 0.717) is 50.4 Å². The van der Waals surface area contributed by atoms with Crippen LogP contribution in [0.2, 0.25) is 0 Å². The first-order valence-corrected chi connectivity index (χ1v) is 11.9. The zero-order valence-electron chi connectivity index (χ0n) is 20.5. The minimum Gasteiger partial charge on any atom is -0.481 e. The van der Waals surface area contributed by atoms with Crippen LogP contribution in [0.3, 0.4) is 0 Å². The molecule has 6 rings (SSSR count). The number of nitrogens with two attached hydrogens (primary N) is 1. The quantitative estimate of drug-likeness (QED) is 0.365. The summed E-state index contributed by atoms with van der Waals surface area (Å²) in [7, 11) is 1.55. The minimum atomic E-state index is -0.498. The maximum atomic E-state index is 14.1. The molecule has 0 amide bonds. The molecule has 0 saturated carbocycles. The van der Waals surface area contributed by atoms with Crippen LogP contribution in [0.1, 0.15) is 18.5 Å². The molecule has 0 saturated heterocycles. The number of pyridine rings is 3. The molecule has 5 aromatic heterocycles. The number of benzene rings is 1. The van der Waals surface area contributed by atoms with Gasteiger partial charge in [-0.25, -0.2) is 24.0 Å². The Balaban J connectivity index is 1.62. The van der Waals surface area contributed by atoms with E-state index in [-0.39, 0.29) is 11.4 Å². The first kappa shape index (κ1) is 23.3. The van der Waals surface area contributed by atoms with Crippen molar-refractivity contribution in [2.45, 2.75) is 13.0 Å². The van der Waals surface area contributed by atoms with Gasteiger partial charge in [0.15, 0.2) is 5.65 Å². The van der Waals surface area contributed by atoms with E-state index in [4.69, 9.17) is 15.6 Å². The lowest BCUT2D eigenvalue weighted by molar-refractivity contribution is 0.398. The molecule has 0 radical (unpaired) electrons. The lowest BCUT2D eigenvalue weighted by atomic mass is 9.96. The number of nitrogen functional groups attached to an aromatic ring is 1. The zero-order valence-corrected chi connectivity index (χ0v) is 20.5. The van der Waals surface area contributed by atoms with Gasteiger partial charge in [-0.1, -0.05) is 30.3 Å². The van der Waals surface area contributed by atoms with Crippen molar-refractivity contribution in [2.24, 2.45) is 0 Å². The van der Waals surface area contributed by atoms with Crippen LogP contribution in [0, 0.1) is 5.82 Å². The van der Waals surface area contributed by atoms with Gasteiger partial charge in [0, 0.05) is 29.5 Å². The van der Waals surface area contributed by atoms with E-state index < -0.39 is 11.9 Å². The van der Waals surface area contributed by atoms with E-state index in [2.05, 4.69) is 15.0 Å². The summed E-state index contributed by atoms with van der Waals surface area (Å²) in [4.78, 5) is 26.7. The standard InChI is InChI=1S/C28H22FN7O2/c1-16(21-12-20-10-9-19(29)14-35(20)28(37)23(21)17-6-4-3-5-7-17)36-27-24(26(30)32-15-33-27)25(34-36)18-8-11-22(38-2)31-13-18/h3-16H,1-2H3,(H2,30,32,33). The lowest BCUT2D eigenvalue weighted by Crippen LogP contribution is -2.21. The number of anilines is 1. The van der Waals surface area contributed by atoms with E-state index in [0.717, 1.165) is 0 Å². The number of fused-ring (bicyclic) bond motifs is 2. The van der Waals surface area contributed by atoms with Crippen molar-refractivity contribution in [3.63, 3.8) is 0 Å². The van der Waals surface area contributed by atoms with E-state index >= 15 is 0 Å². The maximum Gasteiger partial charge on any atom is 0.263 e. The van der Waals surface area contributed by atoms with Crippen LogP contribution in [0.4, 0.5) is 10.2 Å². The molecule has 0 aliphatic carbocycles. The summed E-state index contributed by atoms with van der Waals surface area (Å²) in [5, 5.41) is 5.47. The normalized spacial score (nSPS) is 12.2. The highest BCUT2D eigenvalue weighted by Gasteiger charge is 2.25. The third kappa shape index (κ3) is 3.74. The molecule has 1 aromatic carbocycles. The van der Waals surface area contributed by atoms with E-state index in [1.807, 2.05) is 49.4 Å². The summed E-state index contributed by atoms with van der Waals surface area (Å²) in [6.45, 7) is 1.93. The average molecular weight is 508 g/mol. The Morgan fingerprint density at radius 1 is 1.00 bits per heavy atom. The summed E-state index contributed by atoms with van der Waals surface area (Å²) in [5.74, 6) is 0.245. The highest BCUT2D eigenvalue weighted by molar-refractivity contribution is 5.98. The molecule has 188 valence electrons. The number of ether oxygens (including phenoxy) is 1. The largest absolute Gasteiger partial charge is 0.481 e. The summed E-state index contributed by atoms with van der Waals surface area (Å²) < 4.78 is 22.3. The number of halogens is 1. The van der Waals surface area contributed by atoms with Crippen molar-refractivity contribution in [3.8, 4) is 28.3 Å². The van der Waals surface area contributed by atoms with Crippen molar-refractivity contribution in [2.75, 3.05) is 12.8 Å². The second-order valence-corrected chi connectivity index (χ2v) is 8.80. The molecular weight excluding hydrogens is 485 g/mol. The SMILES string of the molecule is COc1ccc(-c2nn(C(C)c3cc4ccc(F)cn4c(=O)c3-c3ccccc3)c3ncnc(N)c23)cn1. The fourth-order valence-corrected chi connectivity index (χ4v) is 4.72. The lowest BCUT2D eigenvalue weighted by Gasteiger charge is -2.19. The molecule has 10 heteroatoms. The molecule has 9 nitrogen and oxygen atoms in total. The van der Waals surface area contributed by atoms with Crippen LogP contribution in [0.15, 0.2) is 84.2 Å². The number of hydrogen-bond donors (Lipinski definition) is 1. The van der Waals surface area contributed by atoms with Crippen LogP contribution in [0.25, 0.3) is 38.9 Å². The first-order chi connectivity index (χ1) is 18.5.